The minimum Gasteiger partial charge on any atom is -0.308 e. The van der Waals surface area contributed by atoms with Crippen LogP contribution in [0.2, 0.25) is 0 Å². The van der Waals surface area contributed by atoms with Crippen LogP contribution in [0.4, 0.5) is 5.69 Å². The maximum atomic E-state index is 15.6. The second kappa shape index (κ2) is 14.9. The molecule has 62 heavy (non-hydrogen) atoms. The van der Waals surface area contributed by atoms with Crippen LogP contribution in [0.15, 0.2) is 206 Å². The number of carbonyl (C=O) groups is 2. The number of fused-ring (bicyclic) bond motifs is 4. The molecule has 0 saturated carbocycles. The van der Waals surface area contributed by atoms with Gasteiger partial charge in [0.2, 0.25) is 0 Å². The molecule has 0 N–H and O–H groups in total. The Morgan fingerprint density at radius 2 is 0.790 bits per heavy atom. The lowest BCUT2D eigenvalue weighted by Gasteiger charge is -2.24. The van der Waals surface area contributed by atoms with Crippen LogP contribution in [-0.4, -0.2) is 16.4 Å². The molecule has 4 nitrogen and oxygen atoms in total. The van der Waals surface area contributed by atoms with Crippen LogP contribution in [0.1, 0.15) is 31.8 Å². The molecule has 2 heterocycles. The summed E-state index contributed by atoms with van der Waals surface area (Å²) < 4.78 is 2.17. The van der Waals surface area contributed by atoms with Crippen molar-refractivity contribution in [3.05, 3.63) is 229 Å². The topological polar surface area (TPSA) is 42.3 Å². The highest BCUT2D eigenvalue weighted by atomic mass is 16.2. The molecule has 0 aliphatic carbocycles. The standard InChI is InChI=1S/C58H40N2O2/c1-37-15-12-23-42(31-37)44-27-29-52-50(33-44)51-34-45(43-24-13-16-38(2)32-43)28-30-53(51)59(52)54-26-14-25-47-55(54)58(62)60(57(47)61)56-48(40-19-8-4-9-20-40)35-46(39-17-6-3-7-18-39)36-49(56)41-21-10-5-11-22-41/h3-36H,1-2H3. The average molecular weight is 797 g/mol. The predicted octanol–water partition coefficient (Wildman–Crippen LogP) is 14.5. The van der Waals surface area contributed by atoms with Crippen molar-refractivity contribution in [3.8, 4) is 61.3 Å². The normalized spacial score (nSPS) is 12.4. The Morgan fingerprint density at radius 1 is 0.339 bits per heavy atom. The lowest BCUT2D eigenvalue weighted by molar-refractivity contribution is 0.0926. The molecule has 0 fully saturated rings. The van der Waals surface area contributed by atoms with Gasteiger partial charge in [0, 0.05) is 21.9 Å². The summed E-state index contributed by atoms with van der Waals surface area (Å²) >= 11 is 0. The van der Waals surface area contributed by atoms with Crippen molar-refractivity contribution >= 4 is 39.3 Å². The number of rotatable bonds is 7. The molecule has 11 rings (SSSR count). The Labute approximate surface area is 360 Å². The first-order valence-electron chi connectivity index (χ1n) is 21.0. The van der Waals surface area contributed by atoms with Gasteiger partial charge in [0.25, 0.3) is 11.8 Å². The number of anilines is 1. The largest absolute Gasteiger partial charge is 0.308 e. The van der Waals surface area contributed by atoms with E-state index < -0.39 is 0 Å². The first-order valence-corrected chi connectivity index (χ1v) is 21.0. The van der Waals surface area contributed by atoms with Crippen LogP contribution in [-0.2, 0) is 0 Å². The second-order valence-electron chi connectivity index (χ2n) is 16.2. The minimum absolute atomic E-state index is 0.349. The van der Waals surface area contributed by atoms with Crippen LogP contribution >= 0.6 is 0 Å². The van der Waals surface area contributed by atoms with Gasteiger partial charge >= 0.3 is 0 Å². The van der Waals surface area contributed by atoms with Crippen LogP contribution < -0.4 is 4.90 Å². The zero-order valence-electron chi connectivity index (χ0n) is 34.3. The molecular weight excluding hydrogens is 757 g/mol. The molecule has 0 unspecified atom stereocenters. The van der Waals surface area contributed by atoms with Crippen molar-refractivity contribution in [3.63, 3.8) is 0 Å². The molecule has 0 radical (unpaired) electrons. The zero-order valence-corrected chi connectivity index (χ0v) is 34.3. The third kappa shape index (κ3) is 6.15. The summed E-state index contributed by atoms with van der Waals surface area (Å²) in [7, 11) is 0. The lowest BCUT2D eigenvalue weighted by Crippen LogP contribution is -2.30. The molecule has 1 aliphatic heterocycles. The van der Waals surface area contributed by atoms with Crippen LogP contribution in [0.25, 0.3) is 83.1 Å². The first-order chi connectivity index (χ1) is 30.4. The van der Waals surface area contributed by atoms with Gasteiger partial charge in [-0.1, -0.05) is 169 Å². The highest BCUT2D eigenvalue weighted by Crippen LogP contribution is 2.47. The van der Waals surface area contributed by atoms with E-state index in [1.54, 1.807) is 6.07 Å². The third-order valence-electron chi connectivity index (χ3n) is 12.2. The Kier molecular flexibility index (Phi) is 8.87. The van der Waals surface area contributed by atoms with Crippen molar-refractivity contribution in [2.24, 2.45) is 0 Å². The van der Waals surface area contributed by atoms with Crippen molar-refractivity contribution in [2.75, 3.05) is 4.90 Å². The molecule has 0 spiro atoms. The Hall–Kier alpha value is -8.08. The highest BCUT2D eigenvalue weighted by molar-refractivity contribution is 6.37. The van der Waals surface area contributed by atoms with Crippen LogP contribution in [0, 0.1) is 13.8 Å². The van der Waals surface area contributed by atoms with Gasteiger partial charge in [-0.3, -0.25) is 9.59 Å². The number of imide groups is 1. The summed E-state index contributed by atoms with van der Waals surface area (Å²) in [6.07, 6.45) is 0. The Balaban J connectivity index is 1.15. The Morgan fingerprint density at radius 3 is 1.29 bits per heavy atom. The predicted molar refractivity (Wildman–Crippen MR) is 255 cm³/mol. The van der Waals surface area contributed by atoms with E-state index in [-0.39, 0.29) is 11.8 Å². The second-order valence-corrected chi connectivity index (χ2v) is 16.2. The van der Waals surface area contributed by atoms with E-state index in [1.165, 1.54) is 16.0 Å². The molecule has 0 atom stereocenters. The molecular formula is C58H40N2O2. The molecule has 0 saturated heterocycles. The number of nitrogens with zero attached hydrogens (tertiary/aromatic N) is 2. The number of amides is 2. The highest BCUT2D eigenvalue weighted by Gasteiger charge is 2.42. The van der Waals surface area contributed by atoms with E-state index in [9.17, 15) is 0 Å². The number of hydrogen-bond acceptors (Lipinski definition) is 2. The zero-order chi connectivity index (χ0) is 41.9. The quantitative estimate of drug-likeness (QED) is 0.151. The summed E-state index contributed by atoms with van der Waals surface area (Å²) in [6.45, 7) is 4.23. The fourth-order valence-corrected chi connectivity index (χ4v) is 9.30. The van der Waals surface area contributed by atoms with Gasteiger partial charge in [0.05, 0.1) is 33.5 Å². The number of hydrogen-bond donors (Lipinski definition) is 0. The Bertz CT molecular complexity index is 3240. The number of carbonyl (C=O) groups excluding carboxylic acids is 2. The number of aryl methyl sites for hydroxylation is 2. The van der Waals surface area contributed by atoms with Gasteiger partial charge in [0.1, 0.15) is 0 Å². The number of benzene rings is 9. The van der Waals surface area contributed by atoms with Gasteiger partial charge in [0.15, 0.2) is 0 Å². The molecule has 9 aromatic carbocycles. The summed E-state index contributed by atoms with van der Waals surface area (Å²) in [5.41, 5.74) is 16.2. The number of aromatic nitrogens is 1. The van der Waals surface area contributed by atoms with Crippen molar-refractivity contribution in [1.82, 2.24) is 4.57 Å². The molecule has 294 valence electrons. The van der Waals surface area contributed by atoms with E-state index >= 15 is 9.59 Å². The van der Waals surface area contributed by atoms with Crippen molar-refractivity contribution in [1.29, 1.82) is 0 Å². The summed E-state index contributed by atoms with van der Waals surface area (Å²) in [6, 6.07) is 70.5. The summed E-state index contributed by atoms with van der Waals surface area (Å²) in [4.78, 5) is 32.1. The molecule has 0 bridgehead atoms. The molecule has 2 amide bonds. The first kappa shape index (κ1) is 37.0. The lowest BCUT2D eigenvalue weighted by atomic mass is 9.90. The van der Waals surface area contributed by atoms with Crippen LogP contribution in [0.3, 0.4) is 0 Å². The van der Waals surface area contributed by atoms with E-state index in [2.05, 4.69) is 128 Å². The van der Waals surface area contributed by atoms with E-state index in [1.807, 2.05) is 91.0 Å². The molecule has 10 aromatic rings. The van der Waals surface area contributed by atoms with Gasteiger partial charge in [-0.05, 0) is 107 Å². The molecule has 4 heteroatoms. The average Bonchev–Trinajstić information content (AvgIpc) is 3.78. The summed E-state index contributed by atoms with van der Waals surface area (Å²) in [5, 5.41) is 2.13. The van der Waals surface area contributed by atoms with Crippen molar-refractivity contribution in [2.45, 2.75) is 13.8 Å². The summed E-state index contributed by atoms with van der Waals surface area (Å²) in [5.74, 6) is -0.705. The molecule has 1 aliphatic rings. The van der Waals surface area contributed by atoms with Gasteiger partial charge in [-0.2, -0.15) is 0 Å². The van der Waals surface area contributed by atoms with E-state index in [4.69, 9.17) is 0 Å². The monoisotopic (exact) mass is 796 g/mol. The van der Waals surface area contributed by atoms with Crippen molar-refractivity contribution < 1.29 is 9.59 Å². The van der Waals surface area contributed by atoms with Crippen LogP contribution in [0.5, 0.6) is 0 Å². The smallest absolute Gasteiger partial charge is 0.268 e. The third-order valence-corrected chi connectivity index (χ3v) is 12.2. The maximum absolute atomic E-state index is 15.6. The van der Waals surface area contributed by atoms with E-state index in [0.717, 1.165) is 77.4 Å². The van der Waals surface area contributed by atoms with E-state index in [0.29, 0.717) is 22.5 Å². The fraction of sp³-hybridized carbons (Fsp3) is 0.0345. The van der Waals surface area contributed by atoms with Gasteiger partial charge in [-0.25, -0.2) is 4.90 Å². The SMILES string of the molecule is Cc1cccc(-c2ccc3c(c2)c2cc(-c4cccc(C)c4)ccc2n3-c2cccc3c2C(=O)N(c2c(-c4ccccc4)cc(-c4ccccc4)cc2-c2ccccc2)C3=O)c1. The maximum Gasteiger partial charge on any atom is 0.268 e. The van der Waals surface area contributed by atoms with Gasteiger partial charge in [-0.15, -0.1) is 0 Å². The fourth-order valence-electron chi connectivity index (χ4n) is 9.30. The molecule has 1 aromatic heterocycles. The minimum atomic E-state index is -0.356. The van der Waals surface area contributed by atoms with Gasteiger partial charge < -0.3 is 4.57 Å².